The third-order valence-electron chi connectivity index (χ3n) is 8.29. The molecule has 2 aromatic heterocycles. The minimum absolute atomic E-state index is 0.0138. The van der Waals surface area contributed by atoms with Gasteiger partial charge in [0.1, 0.15) is 11.1 Å². The van der Waals surface area contributed by atoms with Gasteiger partial charge in [0.2, 0.25) is 11.7 Å². The zero-order valence-corrected chi connectivity index (χ0v) is 22.7. The lowest BCUT2D eigenvalue weighted by molar-refractivity contribution is -0.128. The van der Waals surface area contributed by atoms with Crippen molar-refractivity contribution in [1.82, 2.24) is 25.2 Å². The van der Waals surface area contributed by atoms with Crippen molar-refractivity contribution in [3.05, 3.63) is 82.7 Å². The van der Waals surface area contributed by atoms with E-state index in [0.717, 1.165) is 30.3 Å². The number of hydrogen-bond acceptors (Lipinski definition) is 6. The first-order chi connectivity index (χ1) is 19.8. The summed E-state index contributed by atoms with van der Waals surface area (Å²) in [6.45, 7) is 1.07. The number of amides is 3. The summed E-state index contributed by atoms with van der Waals surface area (Å²) in [5, 5.41) is 2.97. The van der Waals surface area contributed by atoms with Gasteiger partial charge in [-0.1, -0.05) is 29.8 Å². The van der Waals surface area contributed by atoms with Crippen LogP contribution in [0, 0.1) is 5.92 Å². The standard InChI is InChI=1S/C29H27ClF2N6O3/c30-18-12-20(23(24(31)32)35-13-18)26(39)36-19-8-6-17(7-9-19)14-38-22-5-2-1-4-21(22)29(28(38)41)15-37(16-29)27(40)25-33-10-3-11-34-25/h1-5,10-13,17,19,24H,6-9,14-16H2,(H,36,39). The van der Waals surface area contributed by atoms with Crippen LogP contribution in [-0.2, 0) is 10.2 Å². The molecule has 1 aliphatic carbocycles. The predicted molar refractivity (Wildman–Crippen MR) is 146 cm³/mol. The van der Waals surface area contributed by atoms with Crippen LogP contribution in [0.3, 0.4) is 0 Å². The average Bonchev–Trinajstić information content (AvgIpc) is 3.20. The molecule has 1 N–H and O–H groups in total. The molecule has 6 rings (SSSR count). The summed E-state index contributed by atoms with van der Waals surface area (Å²) >= 11 is 5.90. The minimum Gasteiger partial charge on any atom is -0.349 e. The lowest BCUT2D eigenvalue weighted by Crippen LogP contribution is -2.65. The maximum Gasteiger partial charge on any atom is 0.291 e. The fourth-order valence-corrected chi connectivity index (χ4v) is 6.36. The van der Waals surface area contributed by atoms with Crippen LogP contribution >= 0.6 is 11.6 Å². The van der Waals surface area contributed by atoms with Crippen molar-refractivity contribution in [3.63, 3.8) is 0 Å². The van der Waals surface area contributed by atoms with E-state index in [4.69, 9.17) is 11.6 Å². The van der Waals surface area contributed by atoms with E-state index >= 15 is 0 Å². The van der Waals surface area contributed by atoms with Crippen molar-refractivity contribution in [3.8, 4) is 0 Å². The summed E-state index contributed by atoms with van der Waals surface area (Å²) in [6, 6.07) is 10.4. The Balaban J connectivity index is 1.09. The molecule has 3 amide bonds. The van der Waals surface area contributed by atoms with Gasteiger partial charge in [-0.25, -0.2) is 18.7 Å². The van der Waals surface area contributed by atoms with E-state index in [9.17, 15) is 23.2 Å². The van der Waals surface area contributed by atoms with E-state index in [0.29, 0.717) is 19.4 Å². The van der Waals surface area contributed by atoms with Crippen molar-refractivity contribution in [1.29, 1.82) is 0 Å². The number of hydrogen-bond donors (Lipinski definition) is 1. The number of carbonyl (C=O) groups is 3. The number of anilines is 1. The topological polar surface area (TPSA) is 108 Å². The Morgan fingerprint density at radius 1 is 1.05 bits per heavy atom. The van der Waals surface area contributed by atoms with Crippen molar-refractivity contribution < 1.29 is 23.2 Å². The lowest BCUT2D eigenvalue weighted by atomic mass is 9.74. The van der Waals surface area contributed by atoms with Crippen molar-refractivity contribution in [2.75, 3.05) is 24.5 Å². The number of halogens is 3. The number of para-hydroxylation sites is 1. The van der Waals surface area contributed by atoms with E-state index in [1.54, 1.807) is 11.0 Å². The molecule has 2 aliphatic heterocycles. The highest BCUT2D eigenvalue weighted by Crippen LogP contribution is 2.48. The van der Waals surface area contributed by atoms with Gasteiger partial charge < -0.3 is 15.1 Å². The number of fused-ring (bicyclic) bond motifs is 2. The maximum atomic E-state index is 13.8. The van der Waals surface area contributed by atoms with E-state index in [1.807, 2.05) is 29.2 Å². The number of likely N-dealkylation sites (tertiary alicyclic amines) is 1. The van der Waals surface area contributed by atoms with Gasteiger partial charge in [0, 0.05) is 50.0 Å². The van der Waals surface area contributed by atoms with Crippen LogP contribution < -0.4 is 10.2 Å². The van der Waals surface area contributed by atoms with Crippen molar-refractivity contribution >= 4 is 35.0 Å². The van der Waals surface area contributed by atoms with Crippen LogP contribution in [0.2, 0.25) is 5.02 Å². The monoisotopic (exact) mass is 580 g/mol. The summed E-state index contributed by atoms with van der Waals surface area (Å²) in [4.78, 5) is 54.6. The zero-order valence-electron chi connectivity index (χ0n) is 22.0. The van der Waals surface area contributed by atoms with E-state index in [2.05, 4.69) is 20.3 Å². The summed E-state index contributed by atoms with van der Waals surface area (Å²) < 4.78 is 26.7. The first kappa shape index (κ1) is 27.2. The Morgan fingerprint density at radius 2 is 1.76 bits per heavy atom. The fourth-order valence-electron chi connectivity index (χ4n) is 6.20. The highest BCUT2D eigenvalue weighted by Gasteiger charge is 2.59. The Labute approximate surface area is 239 Å². The first-order valence-corrected chi connectivity index (χ1v) is 13.9. The summed E-state index contributed by atoms with van der Waals surface area (Å²) in [5.74, 6) is -0.613. The molecule has 2 fully saturated rings. The SMILES string of the molecule is O=C(NC1CCC(CN2C(=O)C3(CN(C(=O)c4ncccn4)C3)c3ccccc32)CC1)c1cc(Cl)cnc1C(F)F. The molecule has 0 bridgehead atoms. The number of pyridine rings is 1. The van der Waals surface area contributed by atoms with Crippen LogP contribution in [-0.4, -0.2) is 63.2 Å². The van der Waals surface area contributed by atoms with Crippen LogP contribution in [0.4, 0.5) is 14.5 Å². The third kappa shape index (κ3) is 4.92. The summed E-state index contributed by atoms with van der Waals surface area (Å²) in [7, 11) is 0. The predicted octanol–water partition coefficient (Wildman–Crippen LogP) is 4.19. The molecule has 0 radical (unpaired) electrons. The van der Waals surface area contributed by atoms with Crippen molar-refractivity contribution in [2.45, 2.75) is 43.6 Å². The molecule has 1 saturated carbocycles. The molecule has 41 heavy (non-hydrogen) atoms. The largest absolute Gasteiger partial charge is 0.349 e. The fraction of sp³-hybridized carbons (Fsp3) is 0.379. The number of alkyl halides is 2. The Bertz CT molecular complexity index is 1490. The molecular formula is C29H27ClF2N6O3. The van der Waals surface area contributed by atoms with Gasteiger partial charge >= 0.3 is 0 Å². The van der Waals surface area contributed by atoms with E-state index in [1.165, 1.54) is 18.5 Å². The van der Waals surface area contributed by atoms with Crippen LogP contribution in [0.1, 0.15) is 64.3 Å². The molecule has 0 atom stereocenters. The Morgan fingerprint density at radius 3 is 2.46 bits per heavy atom. The molecule has 9 nitrogen and oxygen atoms in total. The number of aromatic nitrogens is 3. The average molecular weight is 581 g/mol. The van der Waals surface area contributed by atoms with Gasteiger partial charge in [0.05, 0.1) is 10.6 Å². The normalized spacial score (nSPS) is 21.1. The summed E-state index contributed by atoms with van der Waals surface area (Å²) in [5.41, 5.74) is 0.205. The Hall–Kier alpha value is -3.99. The molecule has 3 aromatic rings. The first-order valence-electron chi connectivity index (χ1n) is 13.5. The molecule has 1 aromatic carbocycles. The minimum atomic E-state index is -2.89. The zero-order chi connectivity index (χ0) is 28.7. The smallest absolute Gasteiger partial charge is 0.291 e. The third-order valence-corrected chi connectivity index (χ3v) is 8.50. The van der Waals surface area contributed by atoms with Gasteiger partial charge in [-0.3, -0.25) is 19.4 Å². The maximum absolute atomic E-state index is 13.8. The van der Waals surface area contributed by atoms with Gasteiger partial charge in [0.15, 0.2) is 0 Å². The molecule has 212 valence electrons. The highest BCUT2D eigenvalue weighted by atomic mass is 35.5. The second kappa shape index (κ2) is 10.8. The molecular weight excluding hydrogens is 554 g/mol. The van der Waals surface area contributed by atoms with Gasteiger partial charge in [-0.15, -0.1) is 0 Å². The number of carbonyl (C=O) groups excluding carboxylic acids is 3. The number of rotatable bonds is 6. The Kier molecular flexibility index (Phi) is 7.14. The second-order valence-electron chi connectivity index (χ2n) is 10.8. The molecule has 3 aliphatic rings. The number of nitrogens with one attached hydrogen (secondary N) is 1. The van der Waals surface area contributed by atoms with E-state index in [-0.39, 0.29) is 53.3 Å². The van der Waals surface area contributed by atoms with Crippen LogP contribution in [0.5, 0.6) is 0 Å². The molecule has 4 heterocycles. The van der Waals surface area contributed by atoms with E-state index < -0.39 is 23.4 Å². The van der Waals surface area contributed by atoms with Gasteiger partial charge in [-0.2, -0.15) is 0 Å². The highest BCUT2D eigenvalue weighted by molar-refractivity contribution is 6.30. The molecule has 0 unspecified atom stereocenters. The van der Waals surface area contributed by atoms with Crippen LogP contribution in [0.15, 0.2) is 55.0 Å². The second-order valence-corrected chi connectivity index (χ2v) is 11.3. The van der Waals surface area contributed by atoms with Crippen molar-refractivity contribution in [2.24, 2.45) is 5.92 Å². The molecule has 1 spiro atoms. The van der Waals surface area contributed by atoms with Crippen LogP contribution in [0.25, 0.3) is 0 Å². The van der Waals surface area contributed by atoms with Gasteiger partial charge in [-0.05, 0) is 55.4 Å². The quantitative estimate of drug-likeness (QED) is 0.468. The van der Waals surface area contributed by atoms with Gasteiger partial charge in [0.25, 0.3) is 18.2 Å². The lowest BCUT2D eigenvalue weighted by Gasteiger charge is -2.46. The number of nitrogens with zero attached hydrogens (tertiary/aromatic N) is 5. The molecule has 1 saturated heterocycles. The number of benzene rings is 1. The molecule has 12 heteroatoms. The summed E-state index contributed by atoms with van der Waals surface area (Å²) in [6.07, 6.45) is 4.08.